The van der Waals surface area contributed by atoms with Crippen molar-refractivity contribution in [1.29, 1.82) is 0 Å². The number of carbonyl (C=O) groups excluding carboxylic acids is 1. The minimum Gasteiger partial charge on any atom is -0.368 e. The molecule has 2 unspecified atom stereocenters. The smallest absolute Gasteiger partial charge is 0.368 e. The van der Waals surface area contributed by atoms with Gasteiger partial charge < -0.3 is 19.7 Å². The highest BCUT2D eigenvalue weighted by atomic mass is 32.1. The Labute approximate surface area is 243 Å². The number of alkyl halides is 3. The molecule has 3 fully saturated rings. The molecule has 0 spiro atoms. The molecule has 0 aromatic carbocycles. The number of likely N-dealkylation sites (tertiary alicyclic amines) is 1. The molecule has 15 heteroatoms. The second-order valence-corrected chi connectivity index (χ2v) is 12.3. The van der Waals surface area contributed by atoms with Crippen LogP contribution < -0.4 is 10.2 Å². The Balaban J connectivity index is 1.14. The van der Waals surface area contributed by atoms with Crippen molar-refractivity contribution in [2.45, 2.75) is 37.9 Å². The lowest BCUT2D eigenvalue weighted by Crippen LogP contribution is -2.28. The number of thiazole rings is 1. The number of fused-ring (bicyclic) bond motifs is 1. The second kappa shape index (κ2) is 10.2. The third-order valence-electron chi connectivity index (χ3n) is 8.38. The molecule has 1 saturated carbocycles. The first kappa shape index (κ1) is 27.0. The highest BCUT2D eigenvalue weighted by Gasteiger charge is 2.40. The largest absolute Gasteiger partial charge is 0.408 e. The first-order valence-electron chi connectivity index (χ1n) is 13.9. The van der Waals surface area contributed by atoms with E-state index in [9.17, 15) is 18.0 Å². The van der Waals surface area contributed by atoms with Crippen molar-refractivity contribution in [2.24, 2.45) is 11.8 Å². The van der Waals surface area contributed by atoms with Crippen molar-refractivity contribution >= 4 is 28.7 Å². The van der Waals surface area contributed by atoms with Crippen LogP contribution in [0.5, 0.6) is 0 Å². The van der Waals surface area contributed by atoms with E-state index in [-0.39, 0.29) is 22.3 Å². The molecule has 2 aliphatic heterocycles. The van der Waals surface area contributed by atoms with Gasteiger partial charge in [0.25, 0.3) is 5.91 Å². The van der Waals surface area contributed by atoms with Gasteiger partial charge >= 0.3 is 6.18 Å². The van der Waals surface area contributed by atoms with Gasteiger partial charge in [0.05, 0.1) is 29.6 Å². The van der Waals surface area contributed by atoms with Gasteiger partial charge in [0, 0.05) is 43.7 Å². The highest BCUT2D eigenvalue weighted by molar-refractivity contribution is 7.13. The molecular weight excluding hydrogens is 569 g/mol. The lowest BCUT2D eigenvalue weighted by molar-refractivity contribution is -0.162. The van der Waals surface area contributed by atoms with Gasteiger partial charge in [0.1, 0.15) is 23.9 Å². The van der Waals surface area contributed by atoms with Crippen LogP contribution in [0.1, 0.15) is 47.9 Å². The van der Waals surface area contributed by atoms with E-state index >= 15 is 0 Å². The van der Waals surface area contributed by atoms with Crippen molar-refractivity contribution in [2.75, 3.05) is 43.4 Å². The molecule has 1 aliphatic carbocycles. The number of hydrogen-bond acceptors (Lipinski definition) is 9. The Bertz CT molecular complexity index is 1610. The van der Waals surface area contributed by atoms with E-state index in [1.54, 1.807) is 24.0 Å². The topological polar surface area (TPSA) is 110 Å². The van der Waals surface area contributed by atoms with Crippen molar-refractivity contribution in [1.82, 2.24) is 39.2 Å². The van der Waals surface area contributed by atoms with Gasteiger partial charge in [-0.25, -0.2) is 15.0 Å². The van der Waals surface area contributed by atoms with Crippen LogP contribution in [0.3, 0.4) is 0 Å². The molecule has 0 radical (unpaired) electrons. The van der Waals surface area contributed by atoms with E-state index in [4.69, 9.17) is 0 Å². The van der Waals surface area contributed by atoms with Gasteiger partial charge in [-0.05, 0) is 44.7 Å². The number of aromatic nitrogens is 7. The van der Waals surface area contributed by atoms with Crippen molar-refractivity contribution in [3.05, 3.63) is 47.9 Å². The van der Waals surface area contributed by atoms with E-state index in [2.05, 4.69) is 47.3 Å². The summed E-state index contributed by atoms with van der Waals surface area (Å²) in [5.41, 5.74) is 3.03. The van der Waals surface area contributed by atoms with E-state index in [0.29, 0.717) is 17.8 Å². The fourth-order valence-electron chi connectivity index (χ4n) is 5.95. The molecule has 1 N–H and O–H groups in total. The maximum absolute atomic E-state index is 13.3. The number of amides is 1. The molecule has 3 atom stereocenters. The summed E-state index contributed by atoms with van der Waals surface area (Å²) in [5.74, 6) is 1.37. The van der Waals surface area contributed by atoms with E-state index in [1.807, 2.05) is 10.8 Å². The minimum absolute atomic E-state index is 0.0248. The number of halogens is 3. The normalized spacial score (nSPS) is 21.6. The molecule has 4 aromatic rings. The van der Waals surface area contributed by atoms with Gasteiger partial charge in [-0.1, -0.05) is 0 Å². The van der Waals surface area contributed by atoms with Crippen LogP contribution in [0.2, 0.25) is 0 Å². The van der Waals surface area contributed by atoms with Gasteiger partial charge in [-0.15, -0.1) is 21.5 Å². The predicted molar refractivity (Wildman–Crippen MR) is 150 cm³/mol. The molecule has 220 valence electrons. The summed E-state index contributed by atoms with van der Waals surface area (Å²) < 4.78 is 42.8. The molecule has 42 heavy (non-hydrogen) atoms. The molecule has 3 aliphatic rings. The number of anilines is 2. The third-order valence-corrected chi connectivity index (χ3v) is 9.22. The zero-order chi connectivity index (χ0) is 29.2. The van der Waals surface area contributed by atoms with E-state index in [0.717, 1.165) is 85.2 Å². The summed E-state index contributed by atoms with van der Waals surface area (Å²) in [6.07, 6.45) is 4.41. The first-order valence-corrected chi connectivity index (χ1v) is 14.7. The third kappa shape index (κ3) is 5.04. The first-order chi connectivity index (χ1) is 20.1. The van der Waals surface area contributed by atoms with Gasteiger partial charge in [0.2, 0.25) is 0 Å². The molecule has 1 amide bonds. The van der Waals surface area contributed by atoms with Gasteiger partial charge in [0.15, 0.2) is 10.8 Å². The average Bonchev–Trinajstić information content (AvgIpc) is 3.44. The molecule has 4 aromatic heterocycles. The summed E-state index contributed by atoms with van der Waals surface area (Å²) in [6.45, 7) is 5.03. The van der Waals surface area contributed by atoms with Crippen LogP contribution in [-0.2, 0) is 0 Å². The average molecular weight is 599 g/mol. The fraction of sp³-hybridized carbons (Fsp3) is 0.481. The number of nitrogens with zero attached hydrogens (tertiary/aromatic N) is 9. The summed E-state index contributed by atoms with van der Waals surface area (Å²) in [4.78, 5) is 31.5. The summed E-state index contributed by atoms with van der Waals surface area (Å²) in [7, 11) is 2.16. The Morgan fingerprint density at radius 3 is 2.57 bits per heavy atom. The standard InChI is InChI=1S/C27H29F3N10OS/c1-15(27(28,29)30)40-14-33-36-24(40)26-35-23(12-42-26)34-25(41)19-5-21(39-11-20(32-13-39)16-3-4-16)22(6-31-19)38-9-17-7-37(2)8-18(17)10-38/h5-6,11-18H,3-4,7-10H2,1-2H3,(H,34,41)/t15-,17?,18?/m0/s1. The predicted octanol–water partition coefficient (Wildman–Crippen LogP) is 4.23. The number of rotatable bonds is 7. The van der Waals surface area contributed by atoms with Crippen molar-refractivity contribution in [3.8, 4) is 16.5 Å². The summed E-state index contributed by atoms with van der Waals surface area (Å²) in [6, 6.07) is -0.0664. The zero-order valence-corrected chi connectivity index (χ0v) is 23.8. The van der Waals surface area contributed by atoms with E-state index < -0.39 is 18.1 Å². The maximum atomic E-state index is 13.3. The van der Waals surface area contributed by atoms with E-state index in [1.165, 1.54) is 0 Å². The van der Waals surface area contributed by atoms with Crippen LogP contribution in [-0.4, -0.2) is 84.5 Å². The van der Waals surface area contributed by atoms with Crippen LogP contribution in [0.15, 0.2) is 36.5 Å². The van der Waals surface area contributed by atoms with Crippen LogP contribution in [0, 0.1) is 11.8 Å². The van der Waals surface area contributed by atoms with Crippen LogP contribution in [0.4, 0.5) is 24.7 Å². The monoisotopic (exact) mass is 598 g/mol. The number of hydrogen-bond donors (Lipinski definition) is 1. The Morgan fingerprint density at radius 1 is 1.10 bits per heavy atom. The van der Waals surface area contributed by atoms with Crippen molar-refractivity contribution < 1.29 is 18.0 Å². The van der Waals surface area contributed by atoms with Crippen molar-refractivity contribution in [3.63, 3.8) is 0 Å². The summed E-state index contributed by atoms with van der Waals surface area (Å²) in [5, 5.41) is 12.0. The molecule has 0 bridgehead atoms. The molecule has 11 nitrogen and oxygen atoms in total. The molecule has 6 heterocycles. The number of carbonyl (C=O) groups is 1. The second-order valence-electron chi connectivity index (χ2n) is 11.5. The maximum Gasteiger partial charge on any atom is 0.408 e. The Hall–Kier alpha value is -3.85. The lowest BCUT2D eigenvalue weighted by Gasteiger charge is -2.24. The number of imidazole rings is 1. The number of pyridine rings is 1. The lowest BCUT2D eigenvalue weighted by atomic mass is 10.0. The Kier molecular flexibility index (Phi) is 6.53. The number of nitrogens with one attached hydrogen (secondary N) is 1. The van der Waals surface area contributed by atoms with Gasteiger partial charge in [-0.3, -0.25) is 9.36 Å². The van der Waals surface area contributed by atoms with Crippen LogP contribution in [0.25, 0.3) is 16.5 Å². The van der Waals surface area contributed by atoms with Gasteiger partial charge in [-0.2, -0.15) is 13.2 Å². The quantitative estimate of drug-likeness (QED) is 0.337. The molecular formula is C27H29F3N10OS. The zero-order valence-electron chi connectivity index (χ0n) is 23.0. The fourth-order valence-corrected chi connectivity index (χ4v) is 6.68. The molecule has 7 rings (SSSR count). The SMILES string of the molecule is C[C@H](n1cnnc1-c1nc(NC(=O)c2cc(-n3cnc(C4CC4)c3)c(N3CC4CN(C)CC4C3)cn2)cs1)C(F)(F)F. The minimum atomic E-state index is -4.47. The molecule has 2 saturated heterocycles. The Morgan fingerprint density at radius 2 is 1.86 bits per heavy atom. The van der Waals surface area contributed by atoms with Crippen LogP contribution >= 0.6 is 11.3 Å². The highest BCUT2D eigenvalue weighted by Crippen LogP contribution is 2.40. The summed E-state index contributed by atoms with van der Waals surface area (Å²) >= 11 is 1.07.